The van der Waals surface area contributed by atoms with Crippen LogP contribution in [0.5, 0.6) is 5.75 Å². The topological polar surface area (TPSA) is 94.5 Å². The molecule has 21 heavy (non-hydrogen) atoms. The zero-order valence-electron chi connectivity index (χ0n) is 11.9. The summed E-state index contributed by atoms with van der Waals surface area (Å²) in [5, 5.41) is 3.85. The number of hydrogen-bond donors (Lipinski definition) is 1. The van der Waals surface area contributed by atoms with Crippen LogP contribution in [-0.4, -0.2) is 22.7 Å². The Morgan fingerprint density at radius 1 is 1.38 bits per heavy atom. The molecule has 0 radical (unpaired) electrons. The number of rotatable bonds is 3. The van der Waals surface area contributed by atoms with Crippen molar-refractivity contribution in [3.05, 3.63) is 36.0 Å². The maximum atomic E-state index is 12.1. The number of carbonyl (C=O) groups excluding carboxylic acids is 1. The number of anilines is 1. The van der Waals surface area contributed by atoms with Crippen LogP contribution in [0, 0.1) is 0 Å². The van der Waals surface area contributed by atoms with Crippen molar-refractivity contribution in [2.75, 3.05) is 11.5 Å². The first-order valence-corrected chi connectivity index (χ1v) is 6.59. The summed E-state index contributed by atoms with van der Waals surface area (Å²) in [6.45, 7) is 3.77. The van der Waals surface area contributed by atoms with Crippen molar-refractivity contribution < 1.29 is 14.1 Å². The van der Waals surface area contributed by atoms with Crippen molar-refractivity contribution in [3.8, 4) is 5.75 Å². The van der Waals surface area contributed by atoms with Crippen molar-refractivity contribution in [3.63, 3.8) is 0 Å². The highest BCUT2D eigenvalue weighted by atomic mass is 16.5. The van der Waals surface area contributed by atoms with E-state index in [1.54, 1.807) is 18.7 Å². The van der Waals surface area contributed by atoms with Crippen LogP contribution in [-0.2, 0) is 16.9 Å². The van der Waals surface area contributed by atoms with Gasteiger partial charge >= 0.3 is 0 Å². The summed E-state index contributed by atoms with van der Waals surface area (Å²) in [6, 6.07) is 7.33. The summed E-state index contributed by atoms with van der Waals surface area (Å²) >= 11 is 0. The van der Waals surface area contributed by atoms with Crippen LogP contribution in [0.3, 0.4) is 0 Å². The van der Waals surface area contributed by atoms with Gasteiger partial charge in [-0.15, -0.1) is 0 Å². The zero-order chi connectivity index (χ0) is 15.0. The van der Waals surface area contributed by atoms with Crippen LogP contribution in [0.25, 0.3) is 0 Å². The maximum Gasteiger partial charge on any atom is 0.265 e. The lowest BCUT2D eigenvalue weighted by atomic mass is 10.1. The minimum absolute atomic E-state index is 0.000386. The van der Waals surface area contributed by atoms with Crippen molar-refractivity contribution in [2.24, 2.45) is 5.73 Å². The molecule has 2 N–H and O–H groups in total. The Bertz CT molecular complexity index is 675. The third-order valence-electron chi connectivity index (χ3n) is 3.15. The Kier molecular flexibility index (Phi) is 3.13. The molecule has 3 rings (SSSR count). The standard InChI is InChI=1S/C14H16N4O3/c1-14(2,15)13-16-11(21-17-13)7-18-9-5-3-4-6-10(9)20-8-12(18)19/h3-6H,7-8,15H2,1-2H3. The van der Waals surface area contributed by atoms with Gasteiger partial charge in [0.2, 0.25) is 5.89 Å². The Morgan fingerprint density at radius 2 is 2.14 bits per heavy atom. The fraction of sp³-hybridized carbons (Fsp3) is 0.357. The van der Waals surface area contributed by atoms with E-state index in [1.807, 2.05) is 24.3 Å². The second kappa shape index (κ2) is 4.85. The average molecular weight is 288 g/mol. The van der Waals surface area contributed by atoms with E-state index >= 15 is 0 Å². The number of hydrogen-bond acceptors (Lipinski definition) is 6. The molecule has 7 heteroatoms. The molecule has 0 saturated heterocycles. The highest BCUT2D eigenvalue weighted by Crippen LogP contribution is 2.32. The molecule has 1 aromatic heterocycles. The van der Waals surface area contributed by atoms with Crippen molar-refractivity contribution in [2.45, 2.75) is 25.9 Å². The van der Waals surface area contributed by atoms with Crippen LogP contribution >= 0.6 is 0 Å². The molecule has 2 heterocycles. The van der Waals surface area contributed by atoms with Gasteiger partial charge in [0.05, 0.1) is 11.2 Å². The second-order valence-corrected chi connectivity index (χ2v) is 5.47. The number of ether oxygens (including phenoxy) is 1. The van der Waals surface area contributed by atoms with Crippen molar-refractivity contribution >= 4 is 11.6 Å². The van der Waals surface area contributed by atoms with E-state index < -0.39 is 5.54 Å². The predicted molar refractivity (Wildman–Crippen MR) is 74.6 cm³/mol. The van der Waals surface area contributed by atoms with E-state index in [1.165, 1.54) is 0 Å². The fourth-order valence-corrected chi connectivity index (χ4v) is 2.04. The van der Waals surface area contributed by atoms with Crippen LogP contribution in [0.1, 0.15) is 25.6 Å². The van der Waals surface area contributed by atoms with Gasteiger partial charge in [-0.2, -0.15) is 4.98 Å². The summed E-state index contributed by atoms with van der Waals surface area (Å²) in [4.78, 5) is 17.9. The fourth-order valence-electron chi connectivity index (χ4n) is 2.04. The minimum atomic E-state index is -0.686. The quantitative estimate of drug-likeness (QED) is 0.911. The first-order chi connectivity index (χ1) is 9.95. The van der Waals surface area contributed by atoms with E-state index in [0.717, 1.165) is 0 Å². The zero-order valence-corrected chi connectivity index (χ0v) is 11.9. The summed E-state index contributed by atoms with van der Waals surface area (Å²) in [5.41, 5.74) is 5.93. The summed E-state index contributed by atoms with van der Waals surface area (Å²) in [5.74, 6) is 1.26. The molecule has 110 valence electrons. The lowest BCUT2D eigenvalue weighted by molar-refractivity contribution is -0.121. The Balaban J connectivity index is 1.88. The van der Waals surface area contributed by atoms with E-state index in [9.17, 15) is 4.79 Å². The number of amides is 1. The molecule has 0 fully saturated rings. The maximum absolute atomic E-state index is 12.1. The molecule has 0 saturated carbocycles. The molecule has 1 aromatic carbocycles. The normalized spacial score (nSPS) is 14.8. The van der Waals surface area contributed by atoms with Crippen LogP contribution in [0.2, 0.25) is 0 Å². The van der Waals surface area contributed by atoms with Gasteiger partial charge in [-0.3, -0.25) is 9.69 Å². The van der Waals surface area contributed by atoms with Crippen molar-refractivity contribution in [1.82, 2.24) is 10.1 Å². The van der Waals surface area contributed by atoms with E-state index in [4.69, 9.17) is 15.0 Å². The number of benzene rings is 1. The third kappa shape index (κ3) is 2.59. The predicted octanol–water partition coefficient (Wildman–Crippen LogP) is 1.19. The number of nitrogens with zero attached hydrogens (tertiary/aromatic N) is 3. The van der Waals surface area contributed by atoms with Crippen molar-refractivity contribution in [1.29, 1.82) is 0 Å². The van der Waals surface area contributed by atoms with Gasteiger partial charge in [-0.05, 0) is 26.0 Å². The summed E-state index contributed by atoms with van der Waals surface area (Å²) in [7, 11) is 0. The molecule has 0 aliphatic carbocycles. The van der Waals surface area contributed by atoms with Crippen LogP contribution < -0.4 is 15.4 Å². The smallest absolute Gasteiger partial charge is 0.265 e. The molecule has 1 aliphatic rings. The van der Waals surface area contributed by atoms with Gasteiger partial charge in [0.15, 0.2) is 12.4 Å². The Hall–Kier alpha value is -2.41. The molecule has 1 amide bonds. The first kappa shape index (κ1) is 13.6. The highest BCUT2D eigenvalue weighted by molar-refractivity contribution is 5.97. The molecule has 0 bridgehead atoms. The van der Waals surface area contributed by atoms with Gasteiger partial charge in [0, 0.05) is 0 Å². The van der Waals surface area contributed by atoms with Gasteiger partial charge in [0.25, 0.3) is 5.91 Å². The molecule has 7 nitrogen and oxygen atoms in total. The number of carbonyl (C=O) groups is 1. The van der Waals surface area contributed by atoms with Crippen LogP contribution in [0.15, 0.2) is 28.8 Å². The SMILES string of the molecule is CC(C)(N)c1noc(CN2C(=O)COc3ccccc32)n1. The van der Waals surface area contributed by atoms with Gasteiger partial charge in [-0.25, -0.2) is 0 Å². The first-order valence-electron chi connectivity index (χ1n) is 6.59. The molecular weight excluding hydrogens is 272 g/mol. The van der Waals surface area contributed by atoms with Gasteiger partial charge < -0.3 is 15.0 Å². The summed E-state index contributed by atoms with van der Waals surface area (Å²) < 4.78 is 10.6. The third-order valence-corrected chi connectivity index (χ3v) is 3.15. The van der Waals surface area contributed by atoms with E-state index in [0.29, 0.717) is 23.2 Å². The molecular formula is C14H16N4O3. The van der Waals surface area contributed by atoms with Crippen LogP contribution in [0.4, 0.5) is 5.69 Å². The number of nitrogens with two attached hydrogens (primary N) is 1. The molecule has 0 atom stereocenters. The lowest BCUT2D eigenvalue weighted by Crippen LogP contribution is -2.38. The van der Waals surface area contributed by atoms with Gasteiger partial charge in [-0.1, -0.05) is 17.3 Å². The monoisotopic (exact) mass is 288 g/mol. The second-order valence-electron chi connectivity index (χ2n) is 5.47. The Morgan fingerprint density at radius 3 is 2.86 bits per heavy atom. The molecule has 1 aliphatic heterocycles. The molecule has 0 unspecified atom stereocenters. The highest BCUT2D eigenvalue weighted by Gasteiger charge is 2.28. The Labute approximate surface area is 121 Å². The number of para-hydroxylation sites is 2. The van der Waals surface area contributed by atoms with E-state index in [2.05, 4.69) is 10.1 Å². The summed E-state index contributed by atoms with van der Waals surface area (Å²) in [6.07, 6.45) is 0. The molecule has 2 aromatic rings. The minimum Gasteiger partial charge on any atom is -0.482 e. The number of aromatic nitrogens is 2. The largest absolute Gasteiger partial charge is 0.482 e. The lowest BCUT2D eigenvalue weighted by Gasteiger charge is -2.27. The van der Waals surface area contributed by atoms with Gasteiger partial charge in [0.1, 0.15) is 12.3 Å². The van der Waals surface area contributed by atoms with E-state index in [-0.39, 0.29) is 19.1 Å². The average Bonchev–Trinajstić information content (AvgIpc) is 2.91. The number of fused-ring (bicyclic) bond motifs is 1. The molecule has 0 spiro atoms.